The van der Waals surface area contributed by atoms with Gasteiger partial charge in [0, 0.05) is 6.20 Å². The number of hydrogen-bond donors (Lipinski definition) is 0. The van der Waals surface area contributed by atoms with Crippen molar-refractivity contribution in [1.29, 1.82) is 0 Å². The predicted octanol–water partition coefficient (Wildman–Crippen LogP) is 2.32. The van der Waals surface area contributed by atoms with E-state index in [4.69, 9.17) is 4.74 Å². The molecule has 0 radical (unpaired) electrons. The lowest BCUT2D eigenvalue weighted by Gasteiger charge is -2.01. The molecule has 0 aromatic carbocycles. The number of carbonyl (C=O) groups excluding carboxylic acids is 1. The van der Waals surface area contributed by atoms with E-state index in [0.717, 1.165) is 24.8 Å². The van der Waals surface area contributed by atoms with Gasteiger partial charge in [-0.3, -0.25) is 0 Å². The molecule has 0 N–H and O–H groups in total. The fourth-order valence-corrected chi connectivity index (χ4v) is 1.71. The molecule has 2 aromatic heterocycles. The van der Waals surface area contributed by atoms with Crippen molar-refractivity contribution in [3.8, 4) is 5.82 Å². The lowest BCUT2D eigenvalue weighted by molar-refractivity contribution is 0.0491. The number of rotatable bonds is 6. The first-order valence-corrected chi connectivity index (χ1v) is 6.73. The maximum absolute atomic E-state index is 11.8. The third kappa shape index (κ3) is 3.63. The van der Waals surface area contributed by atoms with Gasteiger partial charge in [0.05, 0.1) is 12.8 Å². The van der Waals surface area contributed by atoms with Crippen LogP contribution in [0.1, 0.15) is 42.2 Å². The van der Waals surface area contributed by atoms with Crippen LogP contribution in [0.4, 0.5) is 0 Å². The molecule has 2 rings (SSSR count). The summed E-state index contributed by atoms with van der Waals surface area (Å²) in [6.07, 6.45) is 6.23. The summed E-state index contributed by atoms with van der Waals surface area (Å²) in [5.74, 6) is 0.183. The number of carbonyl (C=O) groups is 1. The SMILES string of the molecule is CCCCCOC(=O)c1cn(-c2cc(C)ccn2)nn1. The Morgan fingerprint density at radius 1 is 1.40 bits per heavy atom. The van der Waals surface area contributed by atoms with E-state index in [2.05, 4.69) is 22.2 Å². The molecule has 0 spiro atoms. The molecule has 0 aliphatic carbocycles. The van der Waals surface area contributed by atoms with Crippen molar-refractivity contribution >= 4 is 5.97 Å². The Morgan fingerprint density at radius 2 is 2.25 bits per heavy atom. The lowest BCUT2D eigenvalue weighted by Crippen LogP contribution is -2.07. The van der Waals surface area contributed by atoms with Gasteiger partial charge in [0.15, 0.2) is 11.5 Å². The number of pyridine rings is 1. The molecule has 0 fully saturated rings. The number of unbranched alkanes of at least 4 members (excludes halogenated alkanes) is 2. The molecule has 0 unspecified atom stereocenters. The largest absolute Gasteiger partial charge is 0.461 e. The summed E-state index contributed by atoms with van der Waals surface area (Å²) in [5.41, 5.74) is 1.26. The molecule has 6 heteroatoms. The number of hydrogen-bond acceptors (Lipinski definition) is 5. The van der Waals surface area contributed by atoms with Crippen LogP contribution in [-0.2, 0) is 4.74 Å². The number of ether oxygens (including phenoxy) is 1. The van der Waals surface area contributed by atoms with Crippen LogP contribution in [0.5, 0.6) is 0 Å². The predicted molar refractivity (Wildman–Crippen MR) is 73.7 cm³/mol. The highest BCUT2D eigenvalue weighted by molar-refractivity contribution is 5.86. The normalized spacial score (nSPS) is 10.5. The lowest BCUT2D eigenvalue weighted by atomic mass is 10.3. The van der Waals surface area contributed by atoms with Crippen molar-refractivity contribution in [2.24, 2.45) is 0 Å². The number of aryl methyl sites for hydroxylation is 1. The van der Waals surface area contributed by atoms with Crippen LogP contribution in [0.2, 0.25) is 0 Å². The van der Waals surface area contributed by atoms with Crippen molar-refractivity contribution in [3.63, 3.8) is 0 Å². The van der Waals surface area contributed by atoms with E-state index >= 15 is 0 Å². The quantitative estimate of drug-likeness (QED) is 0.597. The van der Waals surface area contributed by atoms with Crippen LogP contribution in [0, 0.1) is 6.92 Å². The zero-order valence-electron chi connectivity index (χ0n) is 11.7. The van der Waals surface area contributed by atoms with Gasteiger partial charge in [-0.15, -0.1) is 5.10 Å². The molecule has 0 aliphatic heterocycles. The molecular formula is C14H18N4O2. The van der Waals surface area contributed by atoms with Crippen molar-refractivity contribution in [1.82, 2.24) is 20.0 Å². The summed E-state index contributed by atoms with van der Waals surface area (Å²) < 4.78 is 6.60. The Balaban J connectivity index is 2.00. The maximum Gasteiger partial charge on any atom is 0.360 e. The highest BCUT2D eigenvalue weighted by Crippen LogP contribution is 2.07. The zero-order valence-corrected chi connectivity index (χ0v) is 11.7. The van der Waals surface area contributed by atoms with Crippen molar-refractivity contribution in [2.45, 2.75) is 33.1 Å². The fraction of sp³-hybridized carbons (Fsp3) is 0.429. The van der Waals surface area contributed by atoms with E-state index in [1.54, 1.807) is 6.20 Å². The molecule has 2 heterocycles. The third-order valence-electron chi connectivity index (χ3n) is 2.82. The van der Waals surface area contributed by atoms with Crippen LogP contribution in [0.25, 0.3) is 5.82 Å². The Kier molecular flexibility index (Phi) is 4.81. The average molecular weight is 274 g/mol. The monoisotopic (exact) mass is 274 g/mol. The topological polar surface area (TPSA) is 69.9 Å². The number of aromatic nitrogens is 4. The molecule has 6 nitrogen and oxygen atoms in total. The molecule has 0 atom stereocenters. The Bertz CT molecular complexity index is 580. The molecular weight excluding hydrogens is 256 g/mol. The maximum atomic E-state index is 11.8. The second-order valence-corrected chi connectivity index (χ2v) is 4.58. The van der Waals surface area contributed by atoms with Crippen LogP contribution in [-0.4, -0.2) is 32.6 Å². The van der Waals surface area contributed by atoms with Crippen LogP contribution >= 0.6 is 0 Å². The van der Waals surface area contributed by atoms with E-state index in [-0.39, 0.29) is 5.69 Å². The van der Waals surface area contributed by atoms with E-state index in [0.29, 0.717) is 12.4 Å². The Hall–Kier alpha value is -2.24. The summed E-state index contributed by atoms with van der Waals surface area (Å²) in [6, 6.07) is 3.76. The van der Waals surface area contributed by atoms with Crippen molar-refractivity contribution in [3.05, 3.63) is 35.8 Å². The molecule has 0 aliphatic rings. The van der Waals surface area contributed by atoms with Gasteiger partial charge < -0.3 is 4.74 Å². The van der Waals surface area contributed by atoms with Crippen molar-refractivity contribution < 1.29 is 9.53 Å². The van der Waals surface area contributed by atoms with E-state index in [9.17, 15) is 4.79 Å². The summed E-state index contributed by atoms with van der Waals surface area (Å²) >= 11 is 0. The summed E-state index contributed by atoms with van der Waals surface area (Å²) in [7, 11) is 0. The molecule has 20 heavy (non-hydrogen) atoms. The van der Waals surface area contributed by atoms with Gasteiger partial charge in [-0.25, -0.2) is 14.5 Å². The first-order valence-electron chi connectivity index (χ1n) is 6.73. The molecule has 0 saturated carbocycles. The zero-order chi connectivity index (χ0) is 14.4. The molecule has 0 saturated heterocycles. The highest BCUT2D eigenvalue weighted by atomic mass is 16.5. The molecule has 0 amide bonds. The Morgan fingerprint density at radius 3 is 3.00 bits per heavy atom. The van der Waals surface area contributed by atoms with Gasteiger partial charge >= 0.3 is 5.97 Å². The summed E-state index contributed by atoms with van der Waals surface area (Å²) in [6.45, 7) is 4.48. The first kappa shape index (κ1) is 14.2. The summed E-state index contributed by atoms with van der Waals surface area (Å²) in [5, 5.41) is 7.72. The van der Waals surface area contributed by atoms with Gasteiger partial charge in [0.25, 0.3) is 0 Å². The van der Waals surface area contributed by atoms with Crippen molar-refractivity contribution in [2.75, 3.05) is 6.61 Å². The third-order valence-corrected chi connectivity index (χ3v) is 2.82. The first-order chi connectivity index (χ1) is 9.70. The van der Waals surface area contributed by atoms with Gasteiger partial charge in [-0.2, -0.15) is 0 Å². The van der Waals surface area contributed by atoms with Gasteiger partial charge in [-0.1, -0.05) is 25.0 Å². The van der Waals surface area contributed by atoms with E-state index < -0.39 is 5.97 Å². The minimum Gasteiger partial charge on any atom is -0.461 e. The van der Waals surface area contributed by atoms with Crippen LogP contribution < -0.4 is 0 Å². The minimum absolute atomic E-state index is 0.199. The molecule has 106 valence electrons. The number of nitrogens with zero attached hydrogens (tertiary/aromatic N) is 4. The van der Waals surface area contributed by atoms with Crippen LogP contribution in [0.15, 0.2) is 24.5 Å². The Labute approximate surface area is 117 Å². The van der Waals surface area contributed by atoms with Gasteiger partial charge in [0.2, 0.25) is 0 Å². The second-order valence-electron chi connectivity index (χ2n) is 4.58. The van der Waals surface area contributed by atoms with Gasteiger partial charge in [-0.05, 0) is 31.0 Å². The average Bonchev–Trinajstić information content (AvgIpc) is 2.93. The van der Waals surface area contributed by atoms with Gasteiger partial charge in [0.1, 0.15) is 0 Å². The van der Waals surface area contributed by atoms with E-state index in [1.807, 2.05) is 19.1 Å². The number of esters is 1. The molecule has 2 aromatic rings. The van der Waals surface area contributed by atoms with E-state index in [1.165, 1.54) is 10.9 Å². The smallest absolute Gasteiger partial charge is 0.360 e. The van der Waals surface area contributed by atoms with Crippen LogP contribution in [0.3, 0.4) is 0 Å². The highest BCUT2D eigenvalue weighted by Gasteiger charge is 2.13. The molecule has 0 bridgehead atoms. The minimum atomic E-state index is -0.444. The fourth-order valence-electron chi connectivity index (χ4n) is 1.71. The standard InChI is InChI=1S/C14H18N4O2/c1-3-4-5-8-20-14(19)12-10-18(17-16-12)13-9-11(2)6-7-15-13/h6-7,9-10H,3-5,8H2,1-2H3. The summed E-state index contributed by atoms with van der Waals surface area (Å²) in [4.78, 5) is 15.9. The second kappa shape index (κ2) is 6.79.